The van der Waals surface area contributed by atoms with Crippen LogP contribution < -0.4 is 14.8 Å². The van der Waals surface area contributed by atoms with E-state index < -0.39 is 0 Å². The van der Waals surface area contributed by atoms with E-state index in [1.54, 1.807) is 25.3 Å². The molecule has 0 aliphatic rings. The number of nitrogens with one attached hydrogen (secondary N) is 1. The molecule has 0 spiro atoms. The highest BCUT2D eigenvalue weighted by molar-refractivity contribution is 5.97. The molecule has 0 unspecified atom stereocenters. The number of pyridine rings is 1. The number of hydrogen-bond acceptors (Lipinski definition) is 5. The van der Waals surface area contributed by atoms with E-state index in [1.165, 1.54) is 7.11 Å². The van der Waals surface area contributed by atoms with Crippen molar-refractivity contribution in [2.75, 3.05) is 14.2 Å². The zero-order valence-electron chi connectivity index (χ0n) is 15.3. The number of carbonyl (C=O) groups excluding carboxylic acids is 1. The largest absolute Gasteiger partial charge is 0.497 e. The normalized spacial score (nSPS) is 12.2. The molecular formula is C19H22N4O3. The van der Waals surface area contributed by atoms with Crippen LogP contribution in [-0.2, 0) is 0 Å². The van der Waals surface area contributed by atoms with Crippen molar-refractivity contribution < 1.29 is 14.3 Å². The summed E-state index contributed by atoms with van der Waals surface area (Å²) < 4.78 is 12.4. The standard InChI is InChI=1S/C19H22N4O3/c1-12(2)17(18-22-21-16-7-5-6-10-23(16)18)20-19(24)14-9-8-13(25-3)11-15(14)26-4/h5-12,17H,1-4H3,(H,20,24)/t17-/m0/s1. The van der Waals surface area contributed by atoms with Crippen LogP contribution in [0.3, 0.4) is 0 Å². The van der Waals surface area contributed by atoms with Crippen LogP contribution in [-0.4, -0.2) is 34.7 Å². The maximum atomic E-state index is 12.9. The molecule has 0 saturated heterocycles. The molecule has 1 atom stereocenters. The SMILES string of the molecule is COc1ccc(C(=O)N[C@H](c2nnc3ccccn23)C(C)C)c(OC)c1. The molecule has 7 heteroatoms. The van der Waals surface area contributed by atoms with Crippen LogP contribution in [0, 0.1) is 5.92 Å². The van der Waals surface area contributed by atoms with Gasteiger partial charge in [0.25, 0.3) is 5.91 Å². The Morgan fingerprint density at radius 1 is 1.12 bits per heavy atom. The van der Waals surface area contributed by atoms with Crippen LogP contribution >= 0.6 is 0 Å². The first-order valence-corrected chi connectivity index (χ1v) is 8.37. The molecule has 0 fully saturated rings. The molecule has 1 amide bonds. The summed E-state index contributed by atoms with van der Waals surface area (Å²) in [5, 5.41) is 11.5. The third-order valence-corrected chi connectivity index (χ3v) is 4.22. The molecule has 2 heterocycles. The maximum Gasteiger partial charge on any atom is 0.255 e. The van der Waals surface area contributed by atoms with Gasteiger partial charge in [-0.05, 0) is 30.2 Å². The molecule has 1 aromatic carbocycles. The molecule has 0 bridgehead atoms. The van der Waals surface area contributed by atoms with E-state index in [4.69, 9.17) is 9.47 Å². The molecule has 0 aliphatic heterocycles. The Balaban J connectivity index is 1.93. The van der Waals surface area contributed by atoms with Gasteiger partial charge in [-0.3, -0.25) is 9.20 Å². The van der Waals surface area contributed by atoms with E-state index in [9.17, 15) is 4.79 Å². The Morgan fingerprint density at radius 3 is 2.62 bits per heavy atom. The van der Waals surface area contributed by atoms with E-state index in [2.05, 4.69) is 15.5 Å². The van der Waals surface area contributed by atoms with E-state index in [-0.39, 0.29) is 17.9 Å². The molecule has 3 aromatic rings. The van der Waals surface area contributed by atoms with E-state index in [1.807, 2.05) is 42.6 Å². The lowest BCUT2D eigenvalue weighted by Gasteiger charge is -2.21. The van der Waals surface area contributed by atoms with Crippen molar-refractivity contribution in [2.45, 2.75) is 19.9 Å². The molecule has 136 valence electrons. The first-order valence-electron chi connectivity index (χ1n) is 8.37. The molecule has 3 rings (SSSR count). The molecule has 7 nitrogen and oxygen atoms in total. The summed E-state index contributed by atoms with van der Waals surface area (Å²) in [6, 6.07) is 10.5. The highest BCUT2D eigenvalue weighted by Crippen LogP contribution is 2.27. The smallest absolute Gasteiger partial charge is 0.255 e. The van der Waals surface area contributed by atoms with E-state index >= 15 is 0 Å². The number of rotatable bonds is 6. The van der Waals surface area contributed by atoms with Gasteiger partial charge in [0.1, 0.15) is 11.5 Å². The summed E-state index contributed by atoms with van der Waals surface area (Å²) >= 11 is 0. The predicted molar refractivity (Wildman–Crippen MR) is 97.6 cm³/mol. The monoisotopic (exact) mass is 354 g/mol. The number of fused-ring (bicyclic) bond motifs is 1. The number of nitrogens with zero attached hydrogens (tertiary/aromatic N) is 3. The van der Waals surface area contributed by atoms with Crippen LogP contribution in [0.2, 0.25) is 0 Å². The molecule has 0 saturated carbocycles. The van der Waals surface area contributed by atoms with Crippen molar-refractivity contribution >= 4 is 11.6 Å². The summed E-state index contributed by atoms with van der Waals surface area (Å²) in [6.07, 6.45) is 1.89. The molecular weight excluding hydrogens is 332 g/mol. The topological polar surface area (TPSA) is 77.8 Å². The highest BCUT2D eigenvalue weighted by Gasteiger charge is 2.25. The van der Waals surface area contributed by atoms with Gasteiger partial charge in [-0.2, -0.15) is 0 Å². The van der Waals surface area contributed by atoms with Gasteiger partial charge in [-0.15, -0.1) is 10.2 Å². The van der Waals surface area contributed by atoms with Crippen molar-refractivity contribution in [3.8, 4) is 11.5 Å². The summed E-state index contributed by atoms with van der Waals surface area (Å²) in [7, 11) is 3.09. The van der Waals surface area contributed by atoms with Gasteiger partial charge in [0.2, 0.25) is 0 Å². The number of ether oxygens (including phenoxy) is 2. The maximum absolute atomic E-state index is 12.9. The number of amides is 1. The second-order valence-corrected chi connectivity index (χ2v) is 6.25. The van der Waals surface area contributed by atoms with Gasteiger partial charge in [0, 0.05) is 12.3 Å². The Kier molecular flexibility index (Phi) is 5.06. The lowest BCUT2D eigenvalue weighted by molar-refractivity contribution is 0.0919. The molecule has 2 aromatic heterocycles. The average molecular weight is 354 g/mol. The fraction of sp³-hybridized carbons (Fsp3) is 0.316. The predicted octanol–water partition coefficient (Wildman–Crippen LogP) is 2.87. The molecule has 0 radical (unpaired) electrons. The summed E-state index contributed by atoms with van der Waals surface area (Å²) in [5.74, 6) is 1.65. The third kappa shape index (κ3) is 3.33. The van der Waals surface area contributed by atoms with Crippen molar-refractivity contribution in [1.29, 1.82) is 0 Å². The number of benzene rings is 1. The molecule has 0 aliphatic carbocycles. The van der Waals surface area contributed by atoms with Crippen molar-refractivity contribution in [3.05, 3.63) is 54.0 Å². The molecule has 1 N–H and O–H groups in total. The lowest BCUT2D eigenvalue weighted by atomic mass is 10.0. The summed E-state index contributed by atoms with van der Waals surface area (Å²) in [6.45, 7) is 4.06. The van der Waals surface area contributed by atoms with Crippen molar-refractivity contribution in [1.82, 2.24) is 19.9 Å². The lowest BCUT2D eigenvalue weighted by Crippen LogP contribution is -2.33. The van der Waals surface area contributed by atoms with Gasteiger partial charge in [-0.1, -0.05) is 19.9 Å². The first kappa shape index (κ1) is 17.7. The Bertz CT molecular complexity index is 920. The fourth-order valence-electron chi connectivity index (χ4n) is 2.81. The number of aromatic nitrogens is 3. The van der Waals surface area contributed by atoms with Gasteiger partial charge in [0.15, 0.2) is 11.5 Å². The zero-order chi connectivity index (χ0) is 18.7. The number of carbonyl (C=O) groups is 1. The van der Waals surface area contributed by atoms with E-state index in [0.29, 0.717) is 22.9 Å². The fourth-order valence-corrected chi connectivity index (χ4v) is 2.81. The second-order valence-electron chi connectivity index (χ2n) is 6.25. The van der Waals surface area contributed by atoms with Crippen LogP contribution in [0.25, 0.3) is 5.65 Å². The van der Waals surface area contributed by atoms with Gasteiger partial charge < -0.3 is 14.8 Å². The number of hydrogen-bond donors (Lipinski definition) is 1. The van der Waals surface area contributed by atoms with Crippen LogP contribution in [0.4, 0.5) is 0 Å². The van der Waals surface area contributed by atoms with Crippen LogP contribution in [0.1, 0.15) is 36.1 Å². The zero-order valence-corrected chi connectivity index (χ0v) is 15.3. The van der Waals surface area contributed by atoms with Crippen LogP contribution in [0.5, 0.6) is 11.5 Å². The van der Waals surface area contributed by atoms with Gasteiger partial charge in [0.05, 0.1) is 25.8 Å². The Labute approximate surface area is 152 Å². The minimum absolute atomic E-state index is 0.121. The van der Waals surface area contributed by atoms with Gasteiger partial charge in [-0.25, -0.2) is 0 Å². The first-order chi connectivity index (χ1) is 12.5. The highest BCUT2D eigenvalue weighted by atomic mass is 16.5. The molecule has 26 heavy (non-hydrogen) atoms. The average Bonchev–Trinajstić information content (AvgIpc) is 3.08. The van der Waals surface area contributed by atoms with Crippen molar-refractivity contribution in [3.63, 3.8) is 0 Å². The minimum Gasteiger partial charge on any atom is -0.497 e. The van der Waals surface area contributed by atoms with Crippen molar-refractivity contribution in [2.24, 2.45) is 5.92 Å². The Hall–Kier alpha value is -3.09. The number of methoxy groups -OCH3 is 2. The summed E-state index contributed by atoms with van der Waals surface area (Å²) in [5.41, 5.74) is 1.18. The summed E-state index contributed by atoms with van der Waals surface area (Å²) in [4.78, 5) is 12.9. The minimum atomic E-state index is -0.299. The van der Waals surface area contributed by atoms with Crippen LogP contribution in [0.15, 0.2) is 42.6 Å². The van der Waals surface area contributed by atoms with E-state index in [0.717, 1.165) is 5.65 Å². The Morgan fingerprint density at radius 2 is 1.92 bits per heavy atom. The third-order valence-electron chi connectivity index (χ3n) is 4.22. The van der Waals surface area contributed by atoms with Gasteiger partial charge >= 0.3 is 0 Å². The quantitative estimate of drug-likeness (QED) is 0.736. The second kappa shape index (κ2) is 7.43.